The van der Waals surface area contributed by atoms with Crippen molar-refractivity contribution in [3.63, 3.8) is 0 Å². The molecule has 0 spiro atoms. The quantitative estimate of drug-likeness (QED) is 0.802. The number of carbonyl (C=O) groups excluding carboxylic acids is 2. The summed E-state index contributed by atoms with van der Waals surface area (Å²) in [5.74, 6) is -0.338. The van der Waals surface area contributed by atoms with Gasteiger partial charge in [0, 0.05) is 0 Å². The fourth-order valence-corrected chi connectivity index (χ4v) is 2.97. The first-order chi connectivity index (χ1) is 11.9. The van der Waals surface area contributed by atoms with Crippen molar-refractivity contribution in [2.45, 2.75) is 39.3 Å². The Morgan fingerprint density at radius 2 is 1.76 bits per heavy atom. The Morgan fingerprint density at radius 3 is 2.44 bits per heavy atom. The van der Waals surface area contributed by atoms with E-state index in [0.717, 1.165) is 28.1 Å². The van der Waals surface area contributed by atoms with Crippen molar-refractivity contribution in [1.29, 1.82) is 0 Å². The molecule has 0 saturated carbocycles. The van der Waals surface area contributed by atoms with Gasteiger partial charge in [-0.3, -0.25) is 9.59 Å². The van der Waals surface area contributed by atoms with Crippen molar-refractivity contribution < 1.29 is 9.59 Å². The summed E-state index contributed by atoms with van der Waals surface area (Å²) >= 11 is 0. The Bertz CT molecular complexity index is 802. The van der Waals surface area contributed by atoms with Gasteiger partial charge in [-0.1, -0.05) is 30.3 Å². The fourth-order valence-electron chi connectivity index (χ4n) is 2.97. The highest BCUT2D eigenvalue weighted by atomic mass is 16.2. The Hall–Kier alpha value is -2.82. The van der Waals surface area contributed by atoms with E-state index in [0.29, 0.717) is 0 Å². The number of carbonyl (C=O) groups is 2. The molecule has 2 atom stereocenters. The van der Waals surface area contributed by atoms with Crippen LogP contribution in [0, 0.1) is 13.8 Å². The smallest absolute Gasteiger partial charge is 0.247 e. The van der Waals surface area contributed by atoms with Gasteiger partial charge in [0.2, 0.25) is 11.8 Å². The van der Waals surface area contributed by atoms with E-state index in [1.165, 1.54) is 0 Å². The van der Waals surface area contributed by atoms with Gasteiger partial charge in [-0.2, -0.15) is 0 Å². The average molecular weight is 337 g/mol. The van der Waals surface area contributed by atoms with E-state index in [2.05, 4.69) is 16.0 Å². The minimum Gasteiger partial charge on any atom is -0.372 e. The molecule has 0 saturated heterocycles. The summed E-state index contributed by atoms with van der Waals surface area (Å²) in [6, 6.07) is 13.0. The highest BCUT2D eigenvalue weighted by molar-refractivity contribution is 6.05. The van der Waals surface area contributed by atoms with Crippen LogP contribution in [0.5, 0.6) is 0 Å². The Kier molecular flexibility index (Phi) is 4.74. The largest absolute Gasteiger partial charge is 0.372 e. The second-order valence-electron chi connectivity index (χ2n) is 6.57. The van der Waals surface area contributed by atoms with Crippen molar-refractivity contribution in [1.82, 2.24) is 5.32 Å². The lowest BCUT2D eigenvalue weighted by Gasteiger charge is -2.27. The number of hydrogen-bond donors (Lipinski definition) is 3. The van der Waals surface area contributed by atoms with E-state index in [4.69, 9.17) is 0 Å². The zero-order valence-electron chi connectivity index (χ0n) is 14.7. The number of benzene rings is 2. The zero-order valence-corrected chi connectivity index (χ0v) is 14.7. The van der Waals surface area contributed by atoms with Gasteiger partial charge in [-0.25, -0.2) is 0 Å². The van der Waals surface area contributed by atoms with E-state index in [1.807, 2.05) is 63.2 Å². The van der Waals surface area contributed by atoms with Crippen molar-refractivity contribution in [2.24, 2.45) is 0 Å². The van der Waals surface area contributed by atoms with Crippen molar-refractivity contribution >= 4 is 23.2 Å². The van der Waals surface area contributed by atoms with Crippen LogP contribution in [0.15, 0.2) is 42.5 Å². The highest BCUT2D eigenvalue weighted by Gasteiger charge is 2.28. The summed E-state index contributed by atoms with van der Waals surface area (Å²) in [4.78, 5) is 24.6. The predicted molar refractivity (Wildman–Crippen MR) is 99.6 cm³/mol. The molecule has 1 aliphatic heterocycles. The van der Waals surface area contributed by atoms with E-state index in [1.54, 1.807) is 0 Å². The van der Waals surface area contributed by atoms with E-state index in [9.17, 15) is 9.59 Å². The molecule has 2 aromatic rings. The van der Waals surface area contributed by atoms with Crippen LogP contribution in [0.1, 0.15) is 36.1 Å². The first-order valence-electron chi connectivity index (χ1n) is 8.47. The summed E-state index contributed by atoms with van der Waals surface area (Å²) in [5, 5.41) is 9.02. The number of amides is 2. The first kappa shape index (κ1) is 17.0. The van der Waals surface area contributed by atoms with E-state index >= 15 is 0 Å². The van der Waals surface area contributed by atoms with Crippen molar-refractivity contribution in [3.05, 3.63) is 59.2 Å². The molecule has 2 aromatic carbocycles. The zero-order chi connectivity index (χ0) is 18.0. The van der Waals surface area contributed by atoms with Crippen LogP contribution in [-0.2, 0) is 9.59 Å². The Labute approximate surface area is 147 Å². The normalized spacial score (nSPS) is 17.1. The van der Waals surface area contributed by atoms with Crippen LogP contribution in [0.4, 0.5) is 11.4 Å². The van der Waals surface area contributed by atoms with Gasteiger partial charge in [0.25, 0.3) is 0 Å². The molecule has 5 heteroatoms. The summed E-state index contributed by atoms with van der Waals surface area (Å²) in [5.41, 5.74) is 4.92. The maximum atomic E-state index is 12.3. The molecule has 2 amide bonds. The van der Waals surface area contributed by atoms with Crippen LogP contribution < -0.4 is 16.0 Å². The molecular weight excluding hydrogens is 314 g/mol. The lowest BCUT2D eigenvalue weighted by molar-refractivity contribution is -0.125. The summed E-state index contributed by atoms with van der Waals surface area (Å²) in [7, 11) is 0. The van der Waals surface area contributed by atoms with Gasteiger partial charge in [0.05, 0.1) is 23.8 Å². The SMILES string of the molecule is Cc1cc2c(cc1C)N[C@H](CC(=O)N[C@@H](C)c1ccccc1)C(=O)N2. The Balaban J connectivity index is 1.65. The molecule has 3 rings (SSSR count). The van der Waals surface area contributed by atoms with E-state index in [-0.39, 0.29) is 24.3 Å². The molecular formula is C20H23N3O2. The molecule has 0 aromatic heterocycles. The first-order valence-corrected chi connectivity index (χ1v) is 8.47. The molecule has 0 unspecified atom stereocenters. The van der Waals surface area contributed by atoms with Crippen LogP contribution >= 0.6 is 0 Å². The van der Waals surface area contributed by atoms with Crippen molar-refractivity contribution in [3.8, 4) is 0 Å². The molecule has 130 valence electrons. The number of nitrogens with one attached hydrogen (secondary N) is 3. The second-order valence-corrected chi connectivity index (χ2v) is 6.57. The molecule has 3 N–H and O–H groups in total. The van der Waals surface area contributed by atoms with Crippen molar-refractivity contribution in [2.75, 3.05) is 10.6 Å². The number of rotatable bonds is 4. The number of hydrogen-bond acceptors (Lipinski definition) is 3. The lowest BCUT2D eigenvalue weighted by atomic mass is 10.0. The van der Waals surface area contributed by atoms with Gasteiger partial charge >= 0.3 is 0 Å². The lowest BCUT2D eigenvalue weighted by Crippen LogP contribution is -2.42. The van der Waals surface area contributed by atoms with Crippen LogP contribution in [0.25, 0.3) is 0 Å². The number of aryl methyl sites for hydroxylation is 2. The molecule has 5 nitrogen and oxygen atoms in total. The molecule has 0 bridgehead atoms. The third-order valence-electron chi connectivity index (χ3n) is 4.60. The van der Waals surface area contributed by atoms with Crippen LogP contribution in [0.2, 0.25) is 0 Å². The molecule has 0 aliphatic carbocycles. The Morgan fingerprint density at radius 1 is 1.12 bits per heavy atom. The molecule has 0 fully saturated rings. The van der Waals surface area contributed by atoms with Crippen LogP contribution in [-0.4, -0.2) is 17.9 Å². The van der Waals surface area contributed by atoms with Gasteiger partial charge in [0.15, 0.2) is 0 Å². The average Bonchev–Trinajstić information content (AvgIpc) is 2.58. The van der Waals surface area contributed by atoms with E-state index < -0.39 is 6.04 Å². The monoisotopic (exact) mass is 337 g/mol. The molecule has 1 heterocycles. The fraction of sp³-hybridized carbons (Fsp3) is 0.300. The third kappa shape index (κ3) is 3.82. The maximum absolute atomic E-state index is 12.3. The topological polar surface area (TPSA) is 70.2 Å². The summed E-state index contributed by atoms with van der Waals surface area (Å²) in [6.45, 7) is 5.96. The molecule has 0 radical (unpaired) electrons. The predicted octanol–water partition coefficient (Wildman–Crippen LogP) is 3.30. The summed E-state index contributed by atoms with van der Waals surface area (Å²) < 4.78 is 0. The van der Waals surface area contributed by atoms with Crippen LogP contribution in [0.3, 0.4) is 0 Å². The highest BCUT2D eigenvalue weighted by Crippen LogP contribution is 2.30. The van der Waals surface area contributed by atoms with Gasteiger partial charge in [-0.05, 0) is 49.6 Å². The minimum absolute atomic E-state index is 0.0926. The summed E-state index contributed by atoms with van der Waals surface area (Å²) in [6.07, 6.45) is 0.0926. The molecule has 1 aliphatic rings. The van der Waals surface area contributed by atoms with Gasteiger partial charge < -0.3 is 16.0 Å². The minimum atomic E-state index is -0.572. The van der Waals surface area contributed by atoms with Gasteiger partial charge in [0.1, 0.15) is 6.04 Å². The number of fused-ring (bicyclic) bond motifs is 1. The number of anilines is 2. The maximum Gasteiger partial charge on any atom is 0.247 e. The standard InChI is InChI=1S/C20H23N3O2/c1-12-9-16-17(10-13(12)2)23-20(25)18(22-16)11-19(24)21-14(3)15-7-5-4-6-8-15/h4-10,14,18,22H,11H2,1-3H3,(H,21,24)(H,23,25)/t14-,18+/m0/s1. The van der Waals surface area contributed by atoms with Gasteiger partial charge in [-0.15, -0.1) is 0 Å². The molecule has 25 heavy (non-hydrogen) atoms. The second kappa shape index (κ2) is 6.97. The third-order valence-corrected chi connectivity index (χ3v) is 4.60.